The summed E-state index contributed by atoms with van der Waals surface area (Å²) in [7, 11) is 1.58. The Morgan fingerprint density at radius 2 is 2.00 bits per heavy atom. The van der Waals surface area contributed by atoms with Crippen LogP contribution in [0.25, 0.3) is 22.1 Å². The number of nitrogens with zero attached hydrogens (tertiary/aromatic N) is 3. The maximum absolute atomic E-state index is 12.2. The molecule has 0 spiro atoms. The number of ether oxygens (including phenoxy) is 1. The van der Waals surface area contributed by atoms with Crippen LogP contribution in [0.5, 0.6) is 5.75 Å². The molecule has 0 aliphatic heterocycles. The molecule has 0 bridgehead atoms. The zero-order valence-corrected chi connectivity index (χ0v) is 16.7. The third kappa shape index (κ3) is 3.61. The fourth-order valence-electron chi connectivity index (χ4n) is 2.79. The van der Waals surface area contributed by atoms with Gasteiger partial charge in [0.25, 0.3) is 0 Å². The minimum atomic E-state index is -0.140. The van der Waals surface area contributed by atoms with E-state index in [4.69, 9.17) is 16.3 Å². The molecule has 9 heteroatoms. The van der Waals surface area contributed by atoms with Crippen molar-refractivity contribution < 1.29 is 9.53 Å². The number of anilines is 1. The third-order valence-corrected chi connectivity index (χ3v) is 5.30. The van der Waals surface area contributed by atoms with E-state index in [2.05, 4.69) is 25.5 Å². The van der Waals surface area contributed by atoms with Gasteiger partial charge >= 0.3 is 0 Å². The van der Waals surface area contributed by atoms with E-state index in [1.807, 2.05) is 31.2 Å². The van der Waals surface area contributed by atoms with Crippen LogP contribution in [0.3, 0.4) is 0 Å². The van der Waals surface area contributed by atoms with Crippen molar-refractivity contribution in [3.05, 3.63) is 47.0 Å². The van der Waals surface area contributed by atoms with Crippen LogP contribution in [0.4, 0.5) is 5.69 Å². The summed E-state index contributed by atoms with van der Waals surface area (Å²) in [6.45, 7) is 1.99. The average Bonchev–Trinajstić information content (AvgIpc) is 3.08. The first-order valence-electron chi connectivity index (χ1n) is 8.43. The Kier molecular flexibility index (Phi) is 5.06. The van der Waals surface area contributed by atoms with E-state index in [1.165, 1.54) is 11.8 Å². The molecule has 4 aromatic rings. The highest BCUT2D eigenvalue weighted by Gasteiger charge is 2.16. The molecule has 0 saturated carbocycles. The van der Waals surface area contributed by atoms with Crippen molar-refractivity contribution in [3.63, 3.8) is 0 Å². The Morgan fingerprint density at radius 3 is 2.75 bits per heavy atom. The lowest BCUT2D eigenvalue weighted by Gasteiger charge is -2.04. The van der Waals surface area contributed by atoms with Gasteiger partial charge in [0.1, 0.15) is 11.3 Å². The molecule has 0 unspecified atom stereocenters. The summed E-state index contributed by atoms with van der Waals surface area (Å²) >= 11 is 7.52. The van der Waals surface area contributed by atoms with E-state index in [1.54, 1.807) is 19.2 Å². The van der Waals surface area contributed by atoms with Gasteiger partial charge in [0.2, 0.25) is 11.1 Å². The highest BCUT2D eigenvalue weighted by atomic mass is 35.5. The van der Waals surface area contributed by atoms with E-state index in [-0.39, 0.29) is 11.7 Å². The van der Waals surface area contributed by atoms with Crippen LogP contribution in [0.1, 0.15) is 5.56 Å². The fraction of sp³-hybridized carbons (Fsp3) is 0.158. The molecule has 0 fully saturated rings. The molecule has 2 aromatic heterocycles. The van der Waals surface area contributed by atoms with E-state index in [0.717, 1.165) is 11.3 Å². The molecule has 1 amide bonds. The SMILES string of the molecule is COc1ccc(Cl)c2c1[nH]c1nc(SCC(=O)Nc3ccc(C)cc3)nnc12. The van der Waals surface area contributed by atoms with Crippen molar-refractivity contribution in [2.75, 3.05) is 18.2 Å². The number of aromatic amines is 1. The number of halogens is 1. The number of nitrogens with one attached hydrogen (secondary N) is 2. The first-order chi connectivity index (χ1) is 13.5. The molecule has 142 valence electrons. The molecule has 2 N–H and O–H groups in total. The van der Waals surface area contributed by atoms with Crippen molar-refractivity contribution in [3.8, 4) is 5.75 Å². The maximum Gasteiger partial charge on any atom is 0.234 e. The molecule has 0 aliphatic rings. The highest BCUT2D eigenvalue weighted by molar-refractivity contribution is 7.99. The number of hydrogen-bond donors (Lipinski definition) is 2. The standard InChI is InChI=1S/C19H16ClN5O2S/c1-10-3-5-11(6-4-10)21-14(26)9-28-19-23-18-17(24-25-19)15-12(20)7-8-13(27-2)16(15)22-18/h3-8H,9H2,1-2H3,(H,21,26)(H,22,23,25). The van der Waals surface area contributed by atoms with Gasteiger partial charge in [-0.05, 0) is 31.2 Å². The summed E-state index contributed by atoms with van der Waals surface area (Å²) < 4.78 is 5.36. The second-order valence-corrected chi connectivity index (χ2v) is 7.47. The smallest absolute Gasteiger partial charge is 0.234 e. The second kappa shape index (κ2) is 7.65. The minimum Gasteiger partial charge on any atom is -0.495 e. The number of H-pyrrole nitrogens is 1. The van der Waals surface area contributed by atoms with Gasteiger partial charge < -0.3 is 15.0 Å². The van der Waals surface area contributed by atoms with Gasteiger partial charge in [0.05, 0.1) is 28.8 Å². The topological polar surface area (TPSA) is 92.8 Å². The summed E-state index contributed by atoms with van der Waals surface area (Å²) in [5.74, 6) is 0.676. The molecule has 0 radical (unpaired) electrons. The van der Waals surface area contributed by atoms with Crippen LogP contribution >= 0.6 is 23.4 Å². The fourth-order valence-corrected chi connectivity index (χ4v) is 3.63. The first-order valence-corrected chi connectivity index (χ1v) is 9.79. The van der Waals surface area contributed by atoms with Crippen molar-refractivity contribution in [2.45, 2.75) is 12.1 Å². The van der Waals surface area contributed by atoms with Gasteiger partial charge in [-0.15, -0.1) is 10.2 Å². The Hall–Kier alpha value is -2.84. The minimum absolute atomic E-state index is 0.140. The Morgan fingerprint density at radius 1 is 1.21 bits per heavy atom. The number of fused-ring (bicyclic) bond motifs is 3. The van der Waals surface area contributed by atoms with Crippen LogP contribution in [-0.2, 0) is 4.79 Å². The summed E-state index contributed by atoms with van der Waals surface area (Å²) in [4.78, 5) is 19.8. The largest absolute Gasteiger partial charge is 0.495 e. The number of amides is 1. The van der Waals surface area contributed by atoms with Gasteiger partial charge in [0.15, 0.2) is 5.65 Å². The molecule has 2 heterocycles. The van der Waals surface area contributed by atoms with E-state index >= 15 is 0 Å². The Balaban J connectivity index is 1.53. The van der Waals surface area contributed by atoms with E-state index in [9.17, 15) is 4.79 Å². The monoisotopic (exact) mass is 413 g/mol. The molecule has 0 atom stereocenters. The van der Waals surface area contributed by atoms with Crippen molar-refractivity contribution >= 4 is 57.0 Å². The van der Waals surface area contributed by atoms with Crippen LogP contribution in [0.2, 0.25) is 5.02 Å². The number of methoxy groups -OCH3 is 1. The molecule has 28 heavy (non-hydrogen) atoms. The lowest BCUT2D eigenvalue weighted by Crippen LogP contribution is -2.14. The molecule has 0 aliphatic carbocycles. The number of aromatic nitrogens is 4. The number of carbonyl (C=O) groups is 1. The number of thioether (sulfide) groups is 1. The van der Waals surface area contributed by atoms with Crippen LogP contribution in [-0.4, -0.2) is 38.9 Å². The zero-order chi connectivity index (χ0) is 19.7. The number of rotatable bonds is 5. The van der Waals surface area contributed by atoms with Gasteiger partial charge in [0, 0.05) is 5.69 Å². The van der Waals surface area contributed by atoms with Crippen LogP contribution in [0, 0.1) is 6.92 Å². The number of aryl methyl sites for hydroxylation is 1. The Bertz CT molecular complexity index is 1180. The lowest BCUT2D eigenvalue weighted by atomic mass is 10.2. The second-order valence-electron chi connectivity index (χ2n) is 6.12. The molecule has 2 aromatic carbocycles. The van der Waals surface area contributed by atoms with Crippen LogP contribution < -0.4 is 10.1 Å². The zero-order valence-electron chi connectivity index (χ0n) is 15.1. The third-order valence-electron chi connectivity index (χ3n) is 4.15. The van der Waals surface area contributed by atoms with Gasteiger partial charge in [-0.25, -0.2) is 4.98 Å². The Labute approximate surface area is 169 Å². The van der Waals surface area contributed by atoms with Gasteiger partial charge in [-0.2, -0.15) is 0 Å². The van der Waals surface area contributed by atoms with Gasteiger partial charge in [-0.3, -0.25) is 4.79 Å². The summed E-state index contributed by atoms with van der Waals surface area (Å²) in [6.07, 6.45) is 0. The molecular weight excluding hydrogens is 398 g/mol. The number of benzene rings is 2. The van der Waals surface area contributed by atoms with Crippen molar-refractivity contribution in [1.29, 1.82) is 0 Å². The highest BCUT2D eigenvalue weighted by Crippen LogP contribution is 2.35. The summed E-state index contributed by atoms with van der Waals surface area (Å²) in [5.41, 5.74) is 3.70. The summed E-state index contributed by atoms with van der Waals surface area (Å²) in [6, 6.07) is 11.1. The van der Waals surface area contributed by atoms with E-state index < -0.39 is 0 Å². The van der Waals surface area contributed by atoms with Gasteiger partial charge in [-0.1, -0.05) is 41.1 Å². The molecule has 7 nitrogen and oxygen atoms in total. The summed E-state index contributed by atoms with van der Waals surface area (Å²) in [5, 5.41) is 12.8. The molecular formula is C19H16ClN5O2S. The first kappa shape index (κ1) is 18.5. The molecule has 0 saturated heterocycles. The predicted molar refractivity (Wildman–Crippen MR) is 111 cm³/mol. The number of carbonyl (C=O) groups excluding carboxylic acids is 1. The average molecular weight is 414 g/mol. The maximum atomic E-state index is 12.2. The predicted octanol–water partition coefficient (Wildman–Crippen LogP) is 4.21. The number of hydrogen-bond acceptors (Lipinski definition) is 6. The van der Waals surface area contributed by atoms with Crippen LogP contribution in [0.15, 0.2) is 41.6 Å². The van der Waals surface area contributed by atoms with Crippen molar-refractivity contribution in [2.24, 2.45) is 0 Å². The normalized spacial score (nSPS) is 11.1. The lowest BCUT2D eigenvalue weighted by molar-refractivity contribution is -0.113. The molecule has 4 rings (SSSR count). The van der Waals surface area contributed by atoms with Crippen molar-refractivity contribution in [1.82, 2.24) is 20.2 Å². The van der Waals surface area contributed by atoms with E-state index in [0.29, 0.717) is 38.0 Å². The quantitative estimate of drug-likeness (QED) is 0.476.